The second kappa shape index (κ2) is 3.71. The van der Waals surface area contributed by atoms with Gasteiger partial charge in [0.25, 0.3) is 6.01 Å². The normalized spacial score (nSPS) is 20.0. The SMILES string of the molecule is CN(c1nc(CCl)co1)C1CC(C)(C)C1. The Hall–Kier alpha value is -0.700. The van der Waals surface area contributed by atoms with Crippen molar-refractivity contribution in [2.45, 2.75) is 38.6 Å². The summed E-state index contributed by atoms with van der Waals surface area (Å²) in [6.45, 7) is 4.58. The van der Waals surface area contributed by atoms with Crippen LogP contribution in [0.15, 0.2) is 10.7 Å². The van der Waals surface area contributed by atoms with Crippen molar-refractivity contribution in [2.24, 2.45) is 5.41 Å². The molecule has 1 saturated carbocycles. The minimum Gasteiger partial charge on any atom is -0.432 e. The van der Waals surface area contributed by atoms with E-state index in [1.807, 2.05) is 7.05 Å². The zero-order chi connectivity index (χ0) is 11.1. The molecule has 0 bridgehead atoms. The van der Waals surface area contributed by atoms with E-state index in [0.29, 0.717) is 23.4 Å². The smallest absolute Gasteiger partial charge is 0.297 e. The Balaban J connectivity index is 1.99. The largest absolute Gasteiger partial charge is 0.432 e. The van der Waals surface area contributed by atoms with Gasteiger partial charge >= 0.3 is 0 Å². The fraction of sp³-hybridized carbons (Fsp3) is 0.727. The molecule has 0 N–H and O–H groups in total. The predicted molar refractivity (Wildman–Crippen MR) is 61.3 cm³/mol. The highest BCUT2D eigenvalue weighted by Gasteiger charge is 2.39. The van der Waals surface area contributed by atoms with Crippen molar-refractivity contribution in [3.05, 3.63) is 12.0 Å². The lowest BCUT2D eigenvalue weighted by Crippen LogP contribution is -2.47. The zero-order valence-electron chi connectivity index (χ0n) is 9.46. The van der Waals surface area contributed by atoms with Crippen LogP contribution < -0.4 is 4.90 Å². The summed E-state index contributed by atoms with van der Waals surface area (Å²) in [5.41, 5.74) is 1.28. The van der Waals surface area contributed by atoms with Crippen molar-refractivity contribution in [3.63, 3.8) is 0 Å². The predicted octanol–water partition coefficient (Wildman–Crippen LogP) is 3.04. The van der Waals surface area contributed by atoms with Crippen molar-refractivity contribution in [2.75, 3.05) is 11.9 Å². The summed E-state index contributed by atoms with van der Waals surface area (Å²) in [4.78, 5) is 6.42. The molecule has 0 atom stereocenters. The first-order valence-corrected chi connectivity index (χ1v) is 5.78. The highest BCUT2D eigenvalue weighted by molar-refractivity contribution is 6.16. The Bertz CT molecular complexity index is 340. The Morgan fingerprint density at radius 2 is 2.27 bits per heavy atom. The Morgan fingerprint density at radius 1 is 1.60 bits per heavy atom. The fourth-order valence-electron chi connectivity index (χ4n) is 2.17. The van der Waals surface area contributed by atoms with Gasteiger partial charge in [0.05, 0.1) is 11.6 Å². The van der Waals surface area contributed by atoms with Crippen LogP contribution in [0.1, 0.15) is 32.4 Å². The molecular weight excluding hydrogens is 212 g/mol. The number of aromatic nitrogens is 1. The maximum atomic E-state index is 5.68. The number of anilines is 1. The van der Waals surface area contributed by atoms with Crippen LogP contribution in [-0.2, 0) is 5.88 Å². The number of nitrogens with zero attached hydrogens (tertiary/aromatic N) is 2. The van der Waals surface area contributed by atoms with Gasteiger partial charge in [-0.05, 0) is 18.3 Å². The number of hydrogen-bond donors (Lipinski definition) is 0. The number of oxazole rings is 1. The molecule has 1 aliphatic carbocycles. The third-order valence-corrected chi connectivity index (χ3v) is 3.38. The van der Waals surface area contributed by atoms with E-state index < -0.39 is 0 Å². The highest BCUT2D eigenvalue weighted by atomic mass is 35.5. The van der Waals surface area contributed by atoms with Crippen molar-refractivity contribution >= 4 is 17.6 Å². The number of rotatable bonds is 3. The topological polar surface area (TPSA) is 29.3 Å². The molecule has 0 saturated heterocycles. The lowest BCUT2D eigenvalue weighted by atomic mass is 9.68. The van der Waals surface area contributed by atoms with Crippen LogP contribution in [-0.4, -0.2) is 18.1 Å². The molecule has 1 fully saturated rings. The summed E-state index contributed by atoms with van der Waals surface area (Å²) >= 11 is 5.68. The Kier molecular flexibility index (Phi) is 2.67. The van der Waals surface area contributed by atoms with Gasteiger partial charge in [-0.1, -0.05) is 13.8 Å². The highest BCUT2D eigenvalue weighted by Crippen LogP contribution is 2.43. The lowest BCUT2D eigenvalue weighted by Gasteiger charge is -2.46. The summed E-state index contributed by atoms with van der Waals surface area (Å²) in [7, 11) is 2.03. The zero-order valence-corrected chi connectivity index (χ0v) is 10.2. The van der Waals surface area contributed by atoms with Crippen LogP contribution in [0.3, 0.4) is 0 Å². The van der Waals surface area contributed by atoms with Crippen molar-refractivity contribution in [1.82, 2.24) is 4.98 Å². The second-order valence-corrected chi connectivity index (χ2v) is 5.36. The molecule has 4 heteroatoms. The summed E-state index contributed by atoms with van der Waals surface area (Å²) in [6, 6.07) is 1.24. The molecule has 0 spiro atoms. The van der Waals surface area contributed by atoms with Gasteiger partial charge < -0.3 is 9.32 Å². The molecule has 3 nitrogen and oxygen atoms in total. The summed E-state index contributed by atoms with van der Waals surface area (Å²) < 4.78 is 5.37. The molecule has 0 amide bonds. The van der Waals surface area contributed by atoms with Gasteiger partial charge in [-0.3, -0.25) is 0 Å². The molecule has 1 heterocycles. The van der Waals surface area contributed by atoms with Crippen LogP contribution in [0.25, 0.3) is 0 Å². The molecule has 1 aliphatic rings. The first-order valence-electron chi connectivity index (χ1n) is 5.25. The number of alkyl halides is 1. The minimum atomic E-state index is 0.410. The first kappa shape index (κ1) is 10.8. The molecule has 15 heavy (non-hydrogen) atoms. The van der Waals surface area contributed by atoms with Gasteiger partial charge in [0.15, 0.2) is 0 Å². The third-order valence-electron chi connectivity index (χ3n) is 3.10. The molecule has 84 valence electrons. The maximum Gasteiger partial charge on any atom is 0.297 e. The van der Waals surface area contributed by atoms with E-state index in [-0.39, 0.29) is 0 Å². The molecule has 1 aromatic rings. The molecule has 2 rings (SSSR count). The van der Waals surface area contributed by atoms with Gasteiger partial charge in [-0.25, -0.2) is 0 Å². The van der Waals surface area contributed by atoms with E-state index in [0.717, 1.165) is 5.69 Å². The third kappa shape index (κ3) is 2.12. The average Bonchev–Trinajstić information content (AvgIpc) is 2.61. The molecule has 0 unspecified atom stereocenters. The van der Waals surface area contributed by atoms with E-state index in [1.54, 1.807) is 6.26 Å². The maximum absolute atomic E-state index is 5.68. The first-order chi connectivity index (χ1) is 7.02. The Labute approximate surface area is 95.4 Å². The van der Waals surface area contributed by atoms with E-state index >= 15 is 0 Å². The van der Waals surface area contributed by atoms with Gasteiger partial charge in [0.1, 0.15) is 6.26 Å². The lowest BCUT2D eigenvalue weighted by molar-refractivity contribution is 0.147. The van der Waals surface area contributed by atoms with Crippen LogP contribution >= 0.6 is 11.6 Å². The molecule has 0 aromatic carbocycles. The van der Waals surface area contributed by atoms with Gasteiger partial charge in [0.2, 0.25) is 0 Å². The van der Waals surface area contributed by atoms with Gasteiger partial charge in [0, 0.05) is 13.1 Å². The molecule has 0 aliphatic heterocycles. The fourth-order valence-corrected chi connectivity index (χ4v) is 2.29. The minimum absolute atomic E-state index is 0.410. The quantitative estimate of drug-likeness (QED) is 0.745. The van der Waals surface area contributed by atoms with Gasteiger partial charge in [-0.2, -0.15) is 4.98 Å². The molecule has 1 aromatic heterocycles. The van der Waals surface area contributed by atoms with Crippen molar-refractivity contribution in [3.8, 4) is 0 Å². The molecule has 0 radical (unpaired) electrons. The summed E-state index contributed by atoms with van der Waals surface area (Å²) in [6.07, 6.45) is 4.02. The summed E-state index contributed by atoms with van der Waals surface area (Å²) in [5, 5.41) is 0. The van der Waals surface area contributed by atoms with E-state index in [1.165, 1.54) is 12.8 Å². The molecular formula is C11H17ClN2O. The van der Waals surface area contributed by atoms with E-state index in [9.17, 15) is 0 Å². The van der Waals surface area contributed by atoms with Crippen molar-refractivity contribution in [1.29, 1.82) is 0 Å². The summed E-state index contributed by atoms with van der Waals surface area (Å²) in [5.74, 6) is 0.410. The van der Waals surface area contributed by atoms with Crippen LogP contribution in [0.5, 0.6) is 0 Å². The monoisotopic (exact) mass is 228 g/mol. The van der Waals surface area contributed by atoms with Gasteiger partial charge in [-0.15, -0.1) is 11.6 Å². The number of halogens is 1. The standard InChI is InChI=1S/C11H17ClN2O/c1-11(2)4-9(5-11)14(3)10-13-8(6-12)7-15-10/h7,9H,4-6H2,1-3H3. The second-order valence-electron chi connectivity index (χ2n) is 5.09. The van der Waals surface area contributed by atoms with Crippen molar-refractivity contribution < 1.29 is 4.42 Å². The van der Waals surface area contributed by atoms with E-state index in [4.69, 9.17) is 16.0 Å². The average molecular weight is 229 g/mol. The van der Waals surface area contributed by atoms with Crippen LogP contribution in [0.2, 0.25) is 0 Å². The van der Waals surface area contributed by atoms with Crippen LogP contribution in [0.4, 0.5) is 6.01 Å². The van der Waals surface area contributed by atoms with E-state index in [2.05, 4.69) is 23.7 Å². The Morgan fingerprint density at radius 3 is 2.73 bits per heavy atom. The van der Waals surface area contributed by atoms with Crippen LogP contribution in [0, 0.1) is 5.41 Å². The number of hydrogen-bond acceptors (Lipinski definition) is 3.